The molecule has 1 aliphatic rings. The lowest BCUT2D eigenvalue weighted by Crippen LogP contribution is -2.44. The third-order valence-corrected chi connectivity index (χ3v) is 2.80. The Morgan fingerprint density at radius 3 is 2.79 bits per heavy atom. The fourth-order valence-corrected chi connectivity index (χ4v) is 1.94. The maximum absolute atomic E-state index is 5.23. The molecule has 0 radical (unpaired) electrons. The zero-order valence-electron chi connectivity index (χ0n) is 9.05. The molecule has 0 saturated heterocycles. The Hall–Kier alpha value is -1.02. The van der Waals surface area contributed by atoms with Crippen LogP contribution in [0.15, 0.2) is 18.2 Å². The molecule has 76 valence electrons. The monoisotopic (exact) mass is 191 g/mol. The van der Waals surface area contributed by atoms with Gasteiger partial charge in [-0.05, 0) is 43.5 Å². The van der Waals surface area contributed by atoms with E-state index < -0.39 is 0 Å². The zero-order valence-corrected chi connectivity index (χ0v) is 9.05. The lowest BCUT2D eigenvalue weighted by molar-refractivity contribution is 0.360. The molecule has 2 heteroatoms. The van der Waals surface area contributed by atoms with Crippen molar-refractivity contribution in [3.8, 4) is 5.75 Å². The number of hydrogen-bond donors (Lipinski definition) is 1. The van der Waals surface area contributed by atoms with Crippen LogP contribution in [-0.2, 0) is 13.0 Å². The molecule has 1 heterocycles. The van der Waals surface area contributed by atoms with Crippen LogP contribution in [0.3, 0.4) is 0 Å². The van der Waals surface area contributed by atoms with Crippen molar-refractivity contribution in [2.75, 3.05) is 7.11 Å². The van der Waals surface area contributed by atoms with Crippen LogP contribution < -0.4 is 10.1 Å². The first-order valence-electron chi connectivity index (χ1n) is 5.01. The highest BCUT2D eigenvalue weighted by atomic mass is 16.5. The van der Waals surface area contributed by atoms with Gasteiger partial charge in [-0.1, -0.05) is 6.07 Å². The van der Waals surface area contributed by atoms with Crippen LogP contribution in [0.1, 0.15) is 25.0 Å². The van der Waals surface area contributed by atoms with Crippen LogP contribution in [0.2, 0.25) is 0 Å². The summed E-state index contributed by atoms with van der Waals surface area (Å²) in [5, 5.41) is 3.51. The van der Waals surface area contributed by atoms with E-state index in [9.17, 15) is 0 Å². The Balaban J connectivity index is 2.34. The molecule has 2 nitrogen and oxygen atoms in total. The van der Waals surface area contributed by atoms with Crippen molar-refractivity contribution in [2.24, 2.45) is 0 Å². The molecule has 1 N–H and O–H groups in total. The number of methoxy groups -OCH3 is 1. The van der Waals surface area contributed by atoms with Gasteiger partial charge in [0.1, 0.15) is 5.75 Å². The minimum Gasteiger partial charge on any atom is -0.497 e. The highest BCUT2D eigenvalue weighted by molar-refractivity contribution is 5.38. The Labute approximate surface area is 85.3 Å². The first-order valence-corrected chi connectivity index (χ1v) is 5.01. The fraction of sp³-hybridized carbons (Fsp3) is 0.500. The molecular weight excluding hydrogens is 174 g/mol. The van der Waals surface area contributed by atoms with Crippen molar-refractivity contribution < 1.29 is 4.74 Å². The van der Waals surface area contributed by atoms with Gasteiger partial charge in [0.15, 0.2) is 0 Å². The second-order valence-electron chi connectivity index (χ2n) is 4.55. The van der Waals surface area contributed by atoms with Gasteiger partial charge in [0.2, 0.25) is 0 Å². The molecule has 0 spiro atoms. The second kappa shape index (κ2) is 3.28. The predicted molar refractivity (Wildman–Crippen MR) is 57.6 cm³/mol. The molecule has 0 aliphatic carbocycles. The molecule has 0 saturated carbocycles. The van der Waals surface area contributed by atoms with Crippen molar-refractivity contribution in [3.05, 3.63) is 29.3 Å². The summed E-state index contributed by atoms with van der Waals surface area (Å²) in [6.45, 7) is 5.43. The second-order valence-corrected chi connectivity index (χ2v) is 4.55. The Morgan fingerprint density at radius 1 is 1.29 bits per heavy atom. The predicted octanol–water partition coefficient (Wildman–Crippen LogP) is 2.12. The Bertz CT molecular complexity index is 344. The van der Waals surface area contributed by atoms with Gasteiger partial charge in [0, 0.05) is 12.1 Å². The Morgan fingerprint density at radius 2 is 2.07 bits per heavy atom. The van der Waals surface area contributed by atoms with Gasteiger partial charge in [-0.25, -0.2) is 0 Å². The van der Waals surface area contributed by atoms with E-state index in [2.05, 4.69) is 31.3 Å². The van der Waals surface area contributed by atoms with Crippen LogP contribution >= 0.6 is 0 Å². The normalized spacial score (nSPS) is 18.8. The minimum atomic E-state index is 0.208. The van der Waals surface area contributed by atoms with Gasteiger partial charge in [-0.15, -0.1) is 0 Å². The smallest absolute Gasteiger partial charge is 0.119 e. The number of nitrogens with one attached hydrogen (secondary N) is 1. The average Bonchev–Trinajstić information content (AvgIpc) is 2.15. The number of ether oxygens (including phenoxy) is 1. The first-order chi connectivity index (χ1) is 6.61. The molecular formula is C12H17NO. The topological polar surface area (TPSA) is 21.3 Å². The minimum absolute atomic E-state index is 0.208. The van der Waals surface area contributed by atoms with Crippen molar-refractivity contribution in [3.63, 3.8) is 0 Å². The van der Waals surface area contributed by atoms with Crippen molar-refractivity contribution in [1.29, 1.82) is 0 Å². The van der Waals surface area contributed by atoms with Crippen LogP contribution in [0.25, 0.3) is 0 Å². The third kappa shape index (κ3) is 1.75. The van der Waals surface area contributed by atoms with Gasteiger partial charge in [0.25, 0.3) is 0 Å². The summed E-state index contributed by atoms with van der Waals surface area (Å²) < 4.78 is 5.23. The first kappa shape index (κ1) is 9.53. The van der Waals surface area contributed by atoms with E-state index in [1.54, 1.807) is 7.11 Å². The summed E-state index contributed by atoms with van der Waals surface area (Å²) in [7, 11) is 1.72. The molecule has 1 aromatic carbocycles. The van der Waals surface area contributed by atoms with Crippen LogP contribution in [0, 0.1) is 0 Å². The molecule has 0 unspecified atom stereocenters. The van der Waals surface area contributed by atoms with Gasteiger partial charge < -0.3 is 10.1 Å². The molecule has 0 amide bonds. The largest absolute Gasteiger partial charge is 0.497 e. The molecule has 0 bridgehead atoms. The molecule has 1 aromatic rings. The van der Waals surface area contributed by atoms with Gasteiger partial charge in [-0.3, -0.25) is 0 Å². The van der Waals surface area contributed by atoms with Crippen LogP contribution in [-0.4, -0.2) is 12.6 Å². The van der Waals surface area contributed by atoms with E-state index in [4.69, 9.17) is 4.74 Å². The van der Waals surface area contributed by atoms with Crippen molar-refractivity contribution >= 4 is 0 Å². The van der Waals surface area contributed by atoms with E-state index >= 15 is 0 Å². The summed E-state index contributed by atoms with van der Waals surface area (Å²) in [5.41, 5.74) is 3.01. The standard InChI is InChI=1S/C12H17NO/c1-12(2)7-10-6-11(14-3)5-4-9(10)8-13-12/h4-6,13H,7-8H2,1-3H3. The number of benzene rings is 1. The highest BCUT2D eigenvalue weighted by Gasteiger charge is 2.24. The quantitative estimate of drug-likeness (QED) is 0.734. The molecule has 0 atom stereocenters. The lowest BCUT2D eigenvalue weighted by atomic mass is 9.88. The van der Waals surface area contributed by atoms with Crippen molar-refractivity contribution in [2.45, 2.75) is 32.4 Å². The van der Waals surface area contributed by atoms with Crippen LogP contribution in [0.5, 0.6) is 5.75 Å². The average molecular weight is 191 g/mol. The van der Waals surface area contributed by atoms with E-state index in [1.165, 1.54) is 11.1 Å². The van der Waals surface area contributed by atoms with Crippen LogP contribution in [0.4, 0.5) is 0 Å². The third-order valence-electron chi connectivity index (χ3n) is 2.80. The van der Waals surface area contributed by atoms with Crippen molar-refractivity contribution in [1.82, 2.24) is 5.32 Å². The maximum Gasteiger partial charge on any atom is 0.119 e. The molecule has 0 aromatic heterocycles. The summed E-state index contributed by atoms with van der Waals surface area (Å²) >= 11 is 0. The SMILES string of the molecule is COc1ccc2c(c1)CC(C)(C)NC2. The number of rotatable bonds is 1. The molecule has 14 heavy (non-hydrogen) atoms. The highest BCUT2D eigenvalue weighted by Crippen LogP contribution is 2.26. The fourth-order valence-electron chi connectivity index (χ4n) is 1.94. The lowest BCUT2D eigenvalue weighted by Gasteiger charge is -2.33. The summed E-state index contributed by atoms with van der Waals surface area (Å²) in [5.74, 6) is 0.960. The summed E-state index contributed by atoms with van der Waals surface area (Å²) in [6, 6.07) is 6.33. The summed E-state index contributed by atoms with van der Waals surface area (Å²) in [6.07, 6.45) is 1.07. The molecule has 2 rings (SSSR count). The van der Waals surface area contributed by atoms with E-state index in [0.717, 1.165) is 18.7 Å². The van der Waals surface area contributed by atoms with E-state index in [-0.39, 0.29) is 5.54 Å². The number of hydrogen-bond acceptors (Lipinski definition) is 2. The molecule has 0 fully saturated rings. The van der Waals surface area contributed by atoms with Gasteiger partial charge in [-0.2, -0.15) is 0 Å². The zero-order chi connectivity index (χ0) is 10.2. The van der Waals surface area contributed by atoms with Gasteiger partial charge in [0.05, 0.1) is 7.11 Å². The van der Waals surface area contributed by atoms with E-state index in [0.29, 0.717) is 0 Å². The van der Waals surface area contributed by atoms with Gasteiger partial charge >= 0.3 is 0 Å². The van der Waals surface area contributed by atoms with E-state index in [1.807, 2.05) is 6.07 Å². The summed E-state index contributed by atoms with van der Waals surface area (Å²) in [4.78, 5) is 0. The molecule has 1 aliphatic heterocycles. The Kier molecular flexibility index (Phi) is 2.23. The number of fused-ring (bicyclic) bond motifs is 1. The maximum atomic E-state index is 5.23.